The van der Waals surface area contributed by atoms with Crippen molar-refractivity contribution >= 4 is 17.5 Å². The van der Waals surface area contributed by atoms with Gasteiger partial charge in [0.15, 0.2) is 0 Å². The number of fused-ring (bicyclic) bond motifs is 1. The first-order valence-electron chi connectivity index (χ1n) is 5.34. The van der Waals surface area contributed by atoms with E-state index in [-0.39, 0.29) is 6.10 Å². The zero-order valence-corrected chi connectivity index (χ0v) is 9.99. The average Bonchev–Trinajstić information content (AvgIpc) is 2.83. The summed E-state index contributed by atoms with van der Waals surface area (Å²) in [5.41, 5.74) is 8.46. The molecular formula is C12H11ClN2O2. The smallest absolute Gasteiger partial charge is 0.229 e. The van der Waals surface area contributed by atoms with Crippen LogP contribution >= 0.6 is 11.6 Å². The Hall–Kier alpha value is -1.68. The van der Waals surface area contributed by atoms with Crippen molar-refractivity contribution < 1.29 is 9.26 Å². The third-order valence-electron chi connectivity index (χ3n) is 2.86. The van der Waals surface area contributed by atoms with Gasteiger partial charge in [-0.15, -0.1) is 0 Å². The number of rotatable bonds is 1. The lowest BCUT2D eigenvalue weighted by molar-refractivity contribution is 0.255. The second-order valence-corrected chi connectivity index (χ2v) is 4.59. The molecule has 2 aromatic rings. The zero-order valence-electron chi connectivity index (χ0n) is 9.24. The van der Waals surface area contributed by atoms with E-state index in [0.29, 0.717) is 10.9 Å². The number of aromatic nitrogens is 1. The second kappa shape index (κ2) is 3.67. The Labute approximate surface area is 103 Å². The van der Waals surface area contributed by atoms with E-state index in [1.807, 2.05) is 19.1 Å². The van der Waals surface area contributed by atoms with Crippen LogP contribution in [0.15, 0.2) is 22.9 Å². The number of halogens is 1. The molecule has 17 heavy (non-hydrogen) atoms. The molecule has 4 nitrogen and oxygen atoms in total. The number of hydrogen-bond donors (Lipinski definition) is 1. The quantitative estimate of drug-likeness (QED) is 0.845. The summed E-state index contributed by atoms with van der Waals surface area (Å²) in [5.74, 6) is 1.07. The molecule has 88 valence electrons. The molecule has 0 bridgehead atoms. The second-order valence-electron chi connectivity index (χ2n) is 4.18. The Morgan fingerprint density at radius 3 is 3.00 bits per heavy atom. The summed E-state index contributed by atoms with van der Waals surface area (Å²) >= 11 is 6.19. The number of nitrogen functional groups attached to an aromatic ring is 1. The Kier molecular flexibility index (Phi) is 2.26. The molecule has 0 saturated carbocycles. The van der Waals surface area contributed by atoms with E-state index in [0.717, 1.165) is 28.9 Å². The van der Waals surface area contributed by atoms with E-state index in [9.17, 15) is 0 Å². The van der Waals surface area contributed by atoms with E-state index >= 15 is 0 Å². The normalized spacial score (nSPS) is 17.9. The Balaban J connectivity index is 2.13. The molecule has 2 N–H and O–H groups in total. The van der Waals surface area contributed by atoms with Crippen molar-refractivity contribution in [1.82, 2.24) is 5.16 Å². The maximum Gasteiger partial charge on any atom is 0.229 e. The predicted octanol–water partition coefficient (Wildman–Crippen LogP) is 2.90. The standard InChI is InChI=1S/C12H11ClN2O2/c1-6-2-8-3-7(4-10(13)11(8)16-6)9-5-15-17-12(9)14/h3-6H,2,14H2,1H3. The molecule has 1 aliphatic heterocycles. The molecule has 0 fully saturated rings. The third-order valence-corrected chi connectivity index (χ3v) is 3.14. The molecule has 1 aliphatic rings. The minimum atomic E-state index is 0.164. The van der Waals surface area contributed by atoms with Gasteiger partial charge in [0.25, 0.3) is 0 Å². The monoisotopic (exact) mass is 250 g/mol. The first-order chi connectivity index (χ1) is 8.15. The van der Waals surface area contributed by atoms with Crippen LogP contribution in [0.2, 0.25) is 5.02 Å². The summed E-state index contributed by atoms with van der Waals surface area (Å²) in [4.78, 5) is 0. The predicted molar refractivity (Wildman–Crippen MR) is 65.2 cm³/mol. The van der Waals surface area contributed by atoms with Gasteiger partial charge < -0.3 is 15.0 Å². The van der Waals surface area contributed by atoms with E-state index in [2.05, 4.69) is 5.16 Å². The van der Waals surface area contributed by atoms with Crippen molar-refractivity contribution in [3.8, 4) is 16.9 Å². The van der Waals surface area contributed by atoms with Crippen LogP contribution in [0.1, 0.15) is 12.5 Å². The Bertz CT molecular complexity index is 580. The van der Waals surface area contributed by atoms with Crippen LogP contribution < -0.4 is 10.5 Å². The molecule has 0 amide bonds. The molecule has 3 rings (SSSR count). The van der Waals surface area contributed by atoms with Gasteiger partial charge in [0.05, 0.1) is 16.8 Å². The van der Waals surface area contributed by atoms with Crippen molar-refractivity contribution in [1.29, 1.82) is 0 Å². The van der Waals surface area contributed by atoms with Gasteiger partial charge in [0.2, 0.25) is 5.88 Å². The summed E-state index contributed by atoms with van der Waals surface area (Å²) < 4.78 is 10.5. The van der Waals surface area contributed by atoms with Crippen molar-refractivity contribution in [2.24, 2.45) is 0 Å². The maximum atomic E-state index is 6.19. The van der Waals surface area contributed by atoms with Gasteiger partial charge in [-0.1, -0.05) is 16.8 Å². The van der Waals surface area contributed by atoms with E-state index in [1.165, 1.54) is 0 Å². The minimum absolute atomic E-state index is 0.164. The SMILES string of the molecule is CC1Cc2cc(-c3cnoc3N)cc(Cl)c2O1. The first kappa shape index (κ1) is 10.5. The van der Waals surface area contributed by atoms with Gasteiger partial charge in [0, 0.05) is 6.42 Å². The molecule has 1 aromatic carbocycles. The number of anilines is 1. The lowest BCUT2D eigenvalue weighted by Gasteiger charge is -2.06. The lowest BCUT2D eigenvalue weighted by atomic mass is 10.0. The topological polar surface area (TPSA) is 61.3 Å². The Morgan fingerprint density at radius 2 is 2.29 bits per heavy atom. The largest absolute Gasteiger partial charge is 0.489 e. The number of nitrogens with zero attached hydrogens (tertiary/aromatic N) is 1. The van der Waals surface area contributed by atoms with Gasteiger partial charge >= 0.3 is 0 Å². The number of ether oxygens (including phenoxy) is 1. The van der Waals surface area contributed by atoms with Crippen LogP contribution in [0.3, 0.4) is 0 Å². The maximum absolute atomic E-state index is 6.19. The van der Waals surface area contributed by atoms with Crippen LogP contribution in [0.25, 0.3) is 11.1 Å². The van der Waals surface area contributed by atoms with Crippen LogP contribution in [-0.4, -0.2) is 11.3 Å². The highest BCUT2D eigenvalue weighted by Gasteiger charge is 2.23. The van der Waals surface area contributed by atoms with Crippen molar-refractivity contribution in [3.63, 3.8) is 0 Å². The number of nitrogens with two attached hydrogens (primary N) is 1. The Morgan fingerprint density at radius 1 is 1.47 bits per heavy atom. The fourth-order valence-corrected chi connectivity index (χ4v) is 2.39. The molecule has 0 aliphatic carbocycles. The summed E-state index contributed by atoms with van der Waals surface area (Å²) in [5, 5.41) is 4.26. The van der Waals surface area contributed by atoms with Gasteiger partial charge in [-0.05, 0) is 30.2 Å². The van der Waals surface area contributed by atoms with Crippen molar-refractivity contribution in [2.75, 3.05) is 5.73 Å². The molecule has 1 unspecified atom stereocenters. The van der Waals surface area contributed by atoms with Crippen LogP contribution in [0.5, 0.6) is 5.75 Å². The minimum Gasteiger partial charge on any atom is -0.489 e. The highest BCUT2D eigenvalue weighted by atomic mass is 35.5. The lowest BCUT2D eigenvalue weighted by Crippen LogP contribution is -2.05. The van der Waals surface area contributed by atoms with E-state index < -0.39 is 0 Å². The van der Waals surface area contributed by atoms with Gasteiger partial charge in [0.1, 0.15) is 11.9 Å². The summed E-state index contributed by atoms with van der Waals surface area (Å²) in [6.07, 6.45) is 2.61. The van der Waals surface area contributed by atoms with E-state index in [4.69, 9.17) is 26.6 Å². The molecule has 0 radical (unpaired) electrons. The van der Waals surface area contributed by atoms with Crippen molar-refractivity contribution in [2.45, 2.75) is 19.4 Å². The fourth-order valence-electron chi connectivity index (χ4n) is 2.11. The molecular weight excluding hydrogens is 240 g/mol. The highest BCUT2D eigenvalue weighted by Crippen LogP contribution is 2.40. The van der Waals surface area contributed by atoms with Crippen LogP contribution in [0.4, 0.5) is 5.88 Å². The molecule has 0 saturated heterocycles. The van der Waals surface area contributed by atoms with Gasteiger partial charge in [-0.2, -0.15) is 0 Å². The van der Waals surface area contributed by atoms with Gasteiger partial charge in [-0.3, -0.25) is 0 Å². The first-order valence-corrected chi connectivity index (χ1v) is 5.72. The number of benzene rings is 1. The summed E-state index contributed by atoms with van der Waals surface area (Å²) in [6, 6.07) is 3.84. The van der Waals surface area contributed by atoms with E-state index in [1.54, 1.807) is 6.20 Å². The van der Waals surface area contributed by atoms with Crippen LogP contribution in [-0.2, 0) is 6.42 Å². The molecule has 5 heteroatoms. The average molecular weight is 251 g/mol. The molecule has 1 atom stereocenters. The number of hydrogen-bond acceptors (Lipinski definition) is 4. The molecule has 2 heterocycles. The third kappa shape index (κ3) is 1.65. The fraction of sp³-hybridized carbons (Fsp3) is 0.250. The highest BCUT2D eigenvalue weighted by molar-refractivity contribution is 6.32. The molecule has 0 spiro atoms. The zero-order chi connectivity index (χ0) is 12.0. The van der Waals surface area contributed by atoms with Crippen molar-refractivity contribution in [3.05, 3.63) is 28.9 Å². The summed E-state index contributed by atoms with van der Waals surface area (Å²) in [6.45, 7) is 2.02. The summed E-state index contributed by atoms with van der Waals surface area (Å²) in [7, 11) is 0. The molecule has 1 aromatic heterocycles. The van der Waals surface area contributed by atoms with Crippen LogP contribution in [0, 0.1) is 0 Å². The van der Waals surface area contributed by atoms with Gasteiger partial charge in [-0.25, -0.2) is 0 Å².